The molecule has 0 aliphatic heterocycles. The molecule has 0 spiro atoms. The van der Waals surface area contributed by atoms with Crippen molar-refractivity contribution < 1.29 is 19.2 Å². The summed E-state index contributed by atoms with van der Waals surface area (Å²) in [6.45, 7) is 0. The highest BCUT2D eigenvalue weighted by molar-refractivity contribution is 6.32. The molecule has 0 saturated heterocycles. The third-order valence-electron chi connectivity index (χ3n) is 4.26. The summed E-state index contributed by atoms with van der Waals surface area (Å²) in [4.78, 5) is 32.9. The second-order valence-corrected chi connectivity index (χ2v) is 6.73. The van der Waals surface area contributed by atoms with Gasteiger partial charge in [-0.15, -0.1) is 0 Å². The van der Waals surface area contributed by atoms with Gasteiger partial charge in [-0.05, 0) is 0 Å². The van der Waals surface area contributed by atoms with E-state index in [0.29, 0.717) is 0 Å². The number of halogens is 2. The molecule has 0 radical (unpaired) electrons. The van der Waals surface area contributed by atoms with Gasteiger partial charge in [0.15, 0.2) is 5.82 Å². The highest BCUT2D eigenvalue weighted by Gasteiger charge is 2.20. The Balaban J connectivity index is 1.81. The van der Waals surface area contributed by atoms with Gasteiger partial charge in [-0.1, -0.05) is 11.6 Å². The SMILES string of the molecule is N#Cc1cc([N+](=O)[O-])cc(Cl)c1-n1cc2c(Nc3cc(NC(=O)O)ncn3)ncc(F)c2n1. The summed E-state index contributed by atoms with van der Waals surface area (Å²) in [7, 11) is 0. The number of nitro benzene ring substituents is 1. The number of pyridine rings is 1. The number of benzene rings is 1. The number of rotatable bonds is 5. The fraction of sp³-hybridized carbons (Fsp3) is 0. The summed E-state index contributed by atoms with van der Waals surface area (Å²) in [5.74, 6) is -0.533. The van der Waals surface area contributed by atoms with E-state index in [1.54, 1.807) is 0 Å². The summed E-state index contributed by atoms with van der Waals surface area (Å²) in [5, 5.41) is 38.3. The number of hydrogen-bond donors (Lipinski definition) is 3. The van der Waals surface area contributed by atoms with Crippen molar-refractivity contribution >= 4 is 51.7 Å². The monoisotopic (exact) mass is 469 g/mol. The second kappa shape index (κ2) is 8.32. The molecule has 4 aromatic rings. The summed E-state index contributed by atoms with van der Waals surface area (Å²) in [5.41, 5.74) is -0.656. The molecule has 0 bridgehead atoms. The van der Waals surface area contributed by atoms with Crippen molar-refractivity contribution in [2.75, 3.05) is 10.6 Å². The van der Waals surface area contributed by atoms with Crippen molar-refractivity contribution in [3.63, 3.8) is 0 Å². The molecule has 0 atom stereocenters. The molecule has 0 unspecified atom stereocenters. The zero-order valence-electron chi connectivity index (χ0n) is 16.0. The number of anilines is 3. The Morgan fingerprint density at radius 3 is 2.73 bits per heavy atom. The highest BCUT2D eigenvalue weighted by atomic mass is 35.5. The van der Waals surface area contributed by atoms with Crippen molar-refractivity contribution in [3.05, 3.63) is 63.4 Å². The van der Waals surface area contributed by atoms with Crippen LogP contribution >= 0.6 is 11.6 Å². The Bertz CT molecular complexity index is 1480. The van der Waals surface area contributed by atoms with Crippen LogP contribution in [0.15, 0.2) is 36.9 Å². The average Bonchev–Trinajstić information content (AvgIpc) is 3.21. The Hall–Kier alpha value is -4.90. The maximum absolute atomic E-state index is 14.4. The van der Waals surface area contributed by atoms with Crippen LogP contribution in [0.5, 0.6) is 0 Å². The van der Waals surface area contributed by atoms with Crippen LogP contribution in [-0.4, -0.2) is 40.9 Å². The van der Waals surface area contributed by atoms with E-state index in [-0.39, 0.29) is 50.3 Å². The number of hydrogen-bond acceptors (Lipinski definition) is 9. The fourth-order valence-corrected chi connectivity index (χ4v) is 3.22. The number of nitrogens with zero attached hydrogens (tertiary/aromatic N) is 7. The molecular weight excluding hydrogens is 461 g/mol. The van der Waals surface area contributed by atoms with Gasteiger partial charge >= 0.3 is 6.09 Å². The van der Waals surface area contributed by atoms with E-state index in [1.807, 2.05) is 6.07 Å². The van der Waals surface area contributed by atoms with Crippen LogP contribution in [0.3, 0.4) is 0 Å². The van der Waals surface area contributed by atoms with Crippen LogP contribution in [0.2, 0.25) is 5.02 Å². The van der Waals surface area contributed by atoms with Gasteiger partial charge in [-0.25, -0.2) is 28.8 Å². The van der Waals surface area contributed by atoms with Crippen molar-refractivity contribution in [3.8, 4) is 11.8 Å². The summed E-state index contributed by atoms with van der Waals surface area (Å²) in [6.07, 6.45) is 2.02. The minimum absolute atomic E-state index is 0.00891. The van der Waals surface area contributed by atoms with Gasteiger partial charge in [0.25, 0.3) is 5.69 Å². The van der Waals surface area contributed by atoms with Crippen LogP contribution in [-0.2, 0) is 0 Å². The fourth-order valence-electron chi connectivity index (χ4n) is 2.92. The molecule has 0 saturated carbocycles. The lowest BCUT2D eigenvalue weighted by Gasteiger charge is -2.07. The van der Waals surface area contributed by atoms with Crippen LogP contribution in [0.25, 0.3) is 16.6 Å². The molecule has 0 aliphatic carbocycles. The molecule has 0 fully saturated rings. The number of aromatic nitrogens is 5. The quantitative estimate of drug-likeness (QED) is 0.288. The van der Waals surface area contributed by atoms with Gasteiger partial charge in [-0.2, -0.15) is 10.4 Å². The second-order valence-electron chi connectivity index (χ2n) is 6.33. The Kier molecular flexibility index (Phi) is 5.38. The first kappa shape index (κ1) is 21.3. The summed E-state index contributed by atoms with van der Waals surface area (Å²) >= 11 is 6.17. The van der Waals surface area contributed by atoms with Gasteiger partial charge in [0.05, 0.1) is 27.1 Å². The highest BCUT2D eigenvalue weighted by Crippen LogP contribution is 2.32. The number of fused-ring (bicyclic) bond motifs is 1. The number of carboxylic acid groups (broad SMARTS) is 1. The number of nitrogens with one attached hydrogen (secondary N) is 2. The lowest BCUT2D eigenvalue weighted by molar-refractivity contribution is -0.384. The van der Waals surface area contributed by atoms with Crippen molar-refractivity contribution in [1.82, 2.24) is 24.7 Å². The molecule has 15 heteroatoms. The topological polar surface area (TPSA) is 185 Å². The maximum Gasteiger partial charge on any atom is 0.410 e. The minimum Gasteiger partial charge on any atom is -0.465 e. The molecule has 3 N–H and O–H groups in total. The molecule has 1 amide bonds. The molecule has 3 heterocycles. The normalized spacial score (nSPS) is 10.6. The Morgan fingerprint density at radius 1 is 1.27 bits per heavy atom. The maximum atomic E-state index is 14.4. The molecule has 33 heavy (non-hydrogen) atoms. The van der Waals surface area contributed by atoms with Crippen LogP contribution in [0, 0.1) is 27.3 Å². The predicted octanol–water partition coefficient (Wildman–Crippen LogP) is 3.62. The first-order valence-electron chi connectivity index (χ1n) is 8.78. The molecule has 4 rings (SSSR count). The zero-order chi connectivity index (χ0) is 23.7. The zero-order valence-corrected chi connectivity index (χ0v) is 16.8. The number of carbonyl (C=O) groups is 1. The molecule has 164 valence electrons. The Morgan fingerprint density at radius 2 is 2.03 bits per heavy atom. The standard InChI is InChI=1S/C18H9ClFN9O4/c19-11-2-9(29(32)33)1-8(4-21)16(11)28-6-10-15(27-28)12(20)5-22-17(10)25-13-3-14(24-7-23-13)26-18(30)31/h1-3,5-7H,(H,30,31)(H2,22,23,24,25,26). The smallest absolute Gasteiger partial charge is 0.410 e. The number of non-ortho nitro benzene ring substituents is 1. The van der Waals surface area contributed by atoms with E-state index in [0.717, 1.165) is 29.3 Å². The molecule has 3 aromatic heterocycles. The third kappa shape index (κ3) is 4.16. The van der Waals surface area contributed by atoms with E-state index in [9.17, 15) is 24.6 Å². The summed E-state index contributed by atoms with van der Waals surface area (Å²) < 4.78 is 15.6. The summed E-state index contributed by atoms with van der Waals surface area (Å²) in [6, 6.07) is 5.19. The van der Waals surface area contributed by atoms with Crippen molar-refractivity contribution in [2.45, 2.75) is 0 Å². The minimum atomic E-state index is -1.32. The van der Waals surface area contributed by atoms with Gasteiger partial charge in [0.2, 0.25) is 0 Å². The molecular formula is C18H9ClFN9O4. The average molecular weight is 470 g/mol. The first-order valence-corrected chi connectivity index (χ1v) is 9.16. The first-order chi connectivity index (χ1) is 15.8. The largest absolute Gasteiger partial charge is 0.465 e. The van der Waals surface area contributed by atoms with Crippen molar-refractivity contribution in [2.24, 2.45) is 0 Å². The Labute approximate surface area is 187 Å². The number of amides is 1. The third-order valence-corrected chi connectivity index (χ3v) is 4.55. The predicted molar refractivity (Wildman–Crippen MR) is 112 cm³/mol. The van der Waals surface area contributed by atoms with E-state index in [4.69, 9.17) is 16.7 Å². The molecule has 0 aliphatic rings. The number of nitriles is 1. The van der Waals surface area contributed by atoms with E-state index < -0.39 is 16.8 Å². The van der Waals surface area contributed by atoms with Crippen LogP contribution in [0.4, 0.5) is 32.3 Å². The number of nitro groups is 1. The van der Waals surface area contributed by atoms with Crippen molar-refractivity contribution in [1.29, 1.82) is 5.26 Å². The lowest BCUT2D eigenvalue weighted by atomic mass is 10.1. The lowest BCUT2D eigenvalue weighted by Crippen LogP contribution is -2.09. The molecule has 1 aromatic carbocycles. The van der Waals surface area contributed by atoms with E-state index in [2.05, 4.69) is 30.7 Å². The van der Waals surface area contributed by atoms with Gasteiger partial charge in [0, 0.05) is 24.4 Å². The van der Waals surface area contributed by atoms with Crippen LogP contribution < -0.4 is 10.6 Å². The van der Waals surface area contributed by atoms with Gasteiger partial charge in [-0.3, -0.25) is 15.4 Å². The van der Waals surface area contributed by atoms with E-state index >= 15 is 0 Å². The van der Waals surface area contributed by atoms with E-state index in [1.165, 1.54) is 12.3 Å². The van der Waals surface area contributed by atoms with Crippen LogP contribution in [0.1, 0.15) is 5.56 Å². The molecule has 13 nitrogen and oxygen atoms in total. The van der Waals surface area contributed by atoms with Gasteiger partial charge < -0.3 is 10.4 Å². The van der Waals surface area contributed by atoms with Gasteiger partial charge in [0.1, 0.15) is 41.1 Å².